The summed E-state index contributed by atoms with van der Waals surface area (Å²) in [6, 6.07) is 5.19. The molecule has 0 heterocycles. The molecule has 1 aromatic rings. The molecule has 1 aliphatic carbocycles. The Hall–Kier alpha value is -0.340. The highest BCUT2D eigenvalue weighted by Gasteiger charge is 2.25. The van der Waals surface area contributed by atoms with Crippen LogP contribution in [0.25, 0.3) is 0 Å². The normalized spacial score (nSPS) is 18.5. The van der Waals surface area contributed by atoms with Gasteiger partial charge in [-0.05, 0) is 61.9 Å². The zero-order valence-electron chi connectivity index (χ0n) is 12.4. The molecule has 0 bridgehead atoms. The lowest BCUT2D eigenvalue weighted by molar-refractivity contribution is 0.274. The number of benzene rings is 1. The molecule has 2 heteroatoms. The molecular formula is C17H26BrN. The Kier molecular flexibility index (Phi) is 5.47. The number of hydrogen-bond donors (Lipinski definition) is 1. The highest BCUT2D eigenvalue weighted by atomic mass is 79.9. The fraction of sp³-hybridized carbons (Fsp3) is 0.647. The predicted octanol–water partition coefficient (Wildman–Crippen LogP) is 5.30. The third-order valence-corrected chi connectivity index (χ3v) is 5.28. The number of aryl methyl sites for hydroxylation is 2. The van der Waals surface area contributed by atoms with E-state index in [1.54, 1.807) is 0 Å². The van der Waals surface area contributed by atoms with Crippen LogP contribution in [-0.4, -0.2) is 6.54 Å². The monoisotopic (exact) mass is 323 g/mol. The van der Waals surface area contributed by atoms with E-state index < -0.39 is 0 Å². The van der Waals surface area contributed by atoms with Crippen molar-refractivity contribution < 1.29 is 0 Å². The number of halogens is 1. The summed E-state index contributed by atoms with van der Waals surface area (Å²) in [4.78, 5) is 0. The largest absolute Gasteiger partial charge is 0.310 e. The van der Waals surface area contributed by atoms with Crippen molar-refractivity contribution in [2.75, 3.05) is 6.54 Å². The topological polar surface area (TPSA) is 12.0 Å². The van der Waals surface area contributed by atoms with Gasteiger partial charge >= 0.3 is 0 Å². The van der Waals surface area contributed by atoms with Crippen molar-refractivity contribution in [2.24, 2.45) is 5.92 Å². The summed E-state index contributed by atoms with van der Waals surface area (Å²) in [7, 11) is 0. The summed E-state index contributed by atoms with van der Waals surface area (Å²) in [5.41, 5.74) is 4.27. The van der Waals surface area contributed by atoms with Gasteiger partial charge in [0.25, 0.3) is 0 Å². The molecule has 0 aromatic heterocycles. The lowest BCUT2D eigenvalue weighted by Gasteiger charge is -2.32. The Morgan fingerprint density at radius 2 is 1.84 bits per heavy atom. The molecule has 0 aliphatic heterocycles. The second-order valence-electron chi connectivity index (χ2n) is 5.89. The van der Waals surface area contributed by atoms with E-state index in [0.717, 1.165) is 12.5 Å². The van der Waals surface area contributed by atoms with Crippen molar-refractivity contribution in [1.82, 2.24) is 5.32 Å². The van der Waals surface area contributed by atoms with E-state index in [9.17, 15) is 0 Å². The molecule has 0 spiro atoms. The molecule has 106 valence electrons. The minimum atomic E-state index is 0.539. The third-order valence-electron chi connectivity index (χ3n) is 4.43. The van der Waals surface area contributed by atoms with Crippen LogP contribution in [0, 0.1) is 19.8 Å². The fourth-order valence-corrected chi connectivity index (χ4v) is 3.81. The quantitative estimate of drug-likeness (QED) is 0.793. The summed E-state index contributed by atoms with van der Waals surface area (Å²) in [6.07, 6.45) is 6.99. The lowest BCUT2D eigenvalue weighted by atomic mass is 9.80. The van der Waals surface area contributed by atoms with E-state index in [-0.39, 0.29) is 0 Å². The molecule has 0 amide bonds. The predicted molar refractivity (Wildman–Crippen MR) is 86.6 cm³/mol. The van der Waals surface area contributed by atoms with Crippen LogP contribution in [0.1, 0.15) is 61.8 Å². The highest BCUT2D eigenvalue weighted by Crippen LogP contribution is 2.36. The summed E-state index contributed by atoms with van der Waals surface area (Å²) < 4.78 is 1.23. The van der Waals surface area contributed by atoms with Gasteiger partial charge in [-0.15, -0.1) is 0 Å². The summed E-state index contributed by atoms with van der Waals surface area (Å²) in [5.74, 6) is 0.813. The molecule has 19 heavy (non-hydrogen) atoms. The number of hydrogen-bond acceptors (Lipinski definition) is 1. The first-order valence-electron chi connectivity index (χ1n) is 7.63. The molecule has 1 nitrogen and oxygen atoms in total. The SMILES string of the molecule is CCNC(c1cc(C)c(Br)cc1C)C1CCCCC1. The van der Waals surface area contributed by atoms with Crippen molar-refractivity contribution in [2.45, 2.75) is 58.9 Å². The molecule has 0 radical (unpaired) electrons. The van der Waals surface area contributed by atoms with Crippen LogP contribution in [0.2, 0.25) is 0 Å². The Morgan fingerprint density at radius 3 is 2.47 bits per heavy atom. The standard InChI is InChI=1S/C17H26BrN/c1-4-19-17(14-8-6-5-7-9-14)15-10-13(3)16(18)11-12(15)2/h10-11,14,17,19H,4-9H2,1-3H3. The molecule has 0 saturated heterocycles. The molecule has 1 saturated carbocycles. The third kappa shape index (κ3) is 3.61. The molecule has 1 N–H and O–H groups in total. The fourth-order valence-electron chi connectivity index (χ4n) is 3.36. The minimum Gasteiger partial charge on any atom is -0.310 e. The number of nitrogens with one attached hydrogen (secondary N) is 1. The smallest absolute Gasteiger partial charge is 0.0351 e. The molecule has 1 fully saturated rings. The van der Waals surface area contributed by atoms with Crippen LogP contribution >= 0.6 is 15.9 Å². The van der Waals surface area contributed by atoms with Gasteiger partial charge in [-0.25, -0.2) is 0 Å². The van der Waals surface area contributed by atoms with Gasteiger partial charge in [0.15, 0.2) is 0 Å². The van der Waals surface area contributed by atoms with Gasteiger partial charge in [0, 0.05) is 10.5 Å². The lowest BCUT2D eigenvalue weighted by Crippen LogP contribution is -2.30. The van der Waals surface area contributed by atoms with E-state index in [4.69, 9.17) is 0 Å². The van der Waals surface area contributed by atoms with E-state index in [1.165, 1.54) is 53.3 Å². The average molecular weight is 324 g/mol. The maximum atomic E-state index is 3.74. The van der Waals surface area contributed by atoms with Crippen LogP contribution in [0.3, 0.4) is 0 Å². The highest BCUT2D eigenvalue weighted by molar-refractivity contribution is 9.10. The number of rotatable bonds is 4. The first-order chi connectivity index (χ1) is 9.13. The van der Waals surface area contributed by atoms with Gasteiger partial charge in [0.05, 0.1) is 0 Å². The minimum absolute atomic E-state index is 0.539. The molecule has 1 aliphatic rings. The molecule has 1 unspecified atom stereocenters. The van der Waals surface area contributed by atoms with Crippen LogP contribution in [0.15, 0.2) is 16.6 Å². The average Bonchev–Trinajstić information content (AvgIpc) is 2.42. The Labute approximate surface area is 126 Å². The van der Waals surface area contributed by atoms with E-state index in [1.807, 2.05) is 0 Å². The first-order valence-corrected chi connectivity index (χ1v) is 8.42. The van der Waals surface area contributed by atoms with Gasteiger partial charge in [-0.1, -0.05) is 48.2 Å². The van der Waals surface area contributed by atoms with Crippen molar-refractivity contribution in [3.05, 3.63) is 33.3 Å². The van der Waals surface area contributed by atoms with Gasteiger partial charge in [0.1, 0.15) is 0 Å². The van der Waals surface area contributed by atoms with E-state index >= 15 is 0 Å². The summed E-state index contributed by atoms with van der Waals surface area (Å²) in [5, 5.41) is 3.74. The molecule has 1 aromatic carbocycles. The maximum absolute atomic E-state index is 3.74. The van der Waals surface area contributed by atoms with Crippen LogP contribution < -0.4 is 5.32 Å². The van der Waals surface area contributed by atoms with Crippen LogP contribution in [-0.2, 0) is 0 Å². The second kappa shape index (κ2) is 6.90. The Morgan fingerprint density at radius 1 is 1.16 bits per heavy atom. The zero-order chi connectivity index (χ0) is 13.8. The Bertz CT molecular complexity index is 422. The zero-order valence-corrected chi connectivity index (χ0v) is 14.0. The molecular weight excluding hydrogens is 298 g/mol. The van der Waals surface area contributed by atoms with Crippen molar-refractivity contribution >= 4 is 15.9 Å². The van der Waals surface area contributed by atoms with Crippen LogP contribution in [0.5, 0.6) is 0 Å². The van der Waals surface area contributed by atoms with Gasteiger partial charge in [-0.3, -0.25) is 0 Å². The van der Waals surface area contributed by atoms with Crippen molar-refractivity contribution in [3.8, 4) is 0 Å². The first kappa shape index (κ1) is 15.1. The molecule has 1 atom stereocenters. The summed E-state index contributed by atoms with van der Waals surface area (Å²) in [6.45, 7) is 7.70. The van der Waals surface area contributed by atoms with Crippen LogP contribution in [0.4, 0.5) is 0 Å². The van der Waals surface area contributed by atoms with E-state index in [2.05, 4.69) is 54.2 Å². The maximum Gasteiger partial charge on any atom is 0.0351 e. The van der Waals surface area contributed by atoms with Gasteiger partial charge in [-0.2, -0.15) is 0 Å². The van der Waals surface area contributed by atoms with E-state index in [0.29, 0.717) is 6.04 Å². The second-order valence-corrected chi connectivity index (χ2v) is 6.75. The molecule has 2 rings (SSSR count). The summed E-state index contributed by atoms with van der Waals surface area (Å²) >= 11 is 3.64. The Balaban J connectivity index is 2.29. The van der Waals surface area contributed by atoms with Crippen molar-refractivity contribution in [3.63, 3.8) is 0 Å². The van der Waals surface area contributed by atoms with Gasteiger partial charge in [0.2, 0.25) is 0 Å². The van der Waals surface area contributed by atoms with Gasteiger partial charge < -0.3 is 5.32 Å². The van der Waals surface area contributed by atoms with Crippen molar-refractivity contribution in [1.29, 1.82) is 0 Å².